The largest absolute Gasteiger partial charge is 0.459 e. The van der Waals surface area contributed by atoms with Crippen molar-refractivity contribution in [1.82, 2.24) is 20.0 Å². The fraction of sp³-hybridized carbons (Fsp3) is 0.278. The van der Waals surface area contributed by atoms with E-state index in [2.05, 4.69) is 15.6 Å². The second kappa shape index (κ2) is 8.14. The number of furan rings is 1. The van der Waals surface area contributed by atoms with E-state index in [1.807, 2.05) is 35.0 Å². The van der Waals surface area contributed by atoms with Crippen LogP contribution in [0, 0.1) is 0 Å². The van der Waals surface area contributed by atoms with Crippen LogP contribution in [0.5, 0.6) is 0 Å². The van der Waals surface area contributed by atoms with Crippen LogP contribution in [0.15, 0.2) is 53.4 Å². The number of hydrogen-bond donors (Lipinski definition) is 2. The van der Waals surface area contributed by atoms with Crippen LogP contribution >= 0.6 is 0 Å². The molecule has 0 atom stereocenters. The van der Waals surface area contributed by atoms with Crippen molar-refractivity contribution in [1.29, 1.82) is 0 Å². The number of imidazole rings is 1. The summed E-state index contributed by atoms with van der Waals surface area (Å²) in [5, 5.41) is 5.58. The van der Waals surface area contributed by atoms with Gasteiger partial charge >= 0.3 is 0 Å². The van der Waals surface area contributed by atoms with E-state index in [0.29, 0.717) is 32.4 Å². The fourth-order valence-corrected chi connectivity index (χ4v) is 2.47. The molecule has 0 aliphatic rings. The molecule has 25 heavy (non-hydrogen) atoms. The molecule has 0 aliphatic carbocycles. The molecule has 0 saturated heterocycles. The van der Waals surface area contributed by atoms with Crippen molar-refractivity contribution in [2.45, 2.75) is 19.3 Å². The van der Waals surface area contributed by atoms with Crippen LogP contribution in [0.25, 0.3) is 5.65 Å². The zero-order valence-electron chi connectivity index (χ0n) is 13.8. The number of pyridine rings is 1. The molecule has 7 heteroatoms. The molecule has 0 aliphatic heterocycles. The summed E-state index contributed by atoms with van der Waals surface area (Å²) in [6, 6.07) is 9.09. The third kappa shape index (κ3) is 4.69. The molecule has 0 saturated carbocycles. The lowest BCUT2D eigenvalue weighted by Gasteiger charge is -2.05. The molecule has 7 nitrogen and oxygen atoms in total. The number of nitrogens with zero attached hydrogens (tertiary/aromatic N) is 2. The summed E-state index contributed by atoms with van der Waals surface area (Å²) in [5.74, 6) is -0.0230. The molecule has 0 aromatic carbocycles. The van der Waals surface area contributed by atoms with Crippen LogP contribution in [0.1, 0.15) is 29.1 Å². The van der Waals surface area contributed by atoms with Gasteiger partial charge in [0.2, 0.25) is 5.91 Å². The first-order valence-corrected chi connectivity index (χ1v) is 8.23. The van der Waals surface area contributed by atoms with Gasteiger partial charge in [-0.2, -0.15) is 0 Å². The van der Waals surface area contributed by atoms with Gasteiger partial charge in [-0.05, 0) is 30.7 Å². The van der Waals surface area contributed by atoms with Gasteiger partial charge in [-0.15, -0.1) is 0 Å². The Morgan fingerprint density at radius 3 is 2.84 bits per heavy atom. The number of rotatable bonds is 8. The molecule has 3 rings (SSSR count). The van der Waals surface area contributed by atoms with Crippen LogP contribution in [-0.2, 0) is 11.2 Å². The number of carbonyl (C=O) groups excluding carboxylic acids is 2. The minimum Gasteiger partial charge on any atom is -0.459 e. The summed E-state index contributed by atoms with van der Waals surface area (Å²) >= 11 is 0. The van der Waals surface area contributed by atoms with Crippen molar-refractivity contribution in [3.05, 3.63) is 60.4 Å². The van der Waals surface area contributed by atoms with E-state index < -0.39 is 0 Å². The Labute approximate surface area is 145 Å². The average Bonchev–Trinajstić information content (AvgIpc) is 3.27. The Kier molecular flexibility index (Phi) is 5.46. The molecule has 0 radical (unpaired) electrons. The summed E-state index contributed by atoms with van der Waals surface area (Å²) < 4.78 is 6.95. The Morgan fingerprint density at radius 1 is 1.12 bits per heavy atom. The molecule has 3 aromatic heterocycles. The van der Waals surface area contributed by atoms with Gasteiger partial charge < -0.3 is 19.5 Å². The van der Waals surface area contributed by atoms with Crippen molar-refractivity contribution in [2.75, 3.05) is 13.1 Å². The molecular weight excluding hydrogens is 320 g/mol. The number of carbonyl (C=O) groups is 2. The third-order valence-corrected chi connectivity index (χ3v) is 3.73. The van der Waals surface area contributed by atoms with E-state index in [1.165, 1.54) is 6.26 Å². The molecule has 130 valence electrons. The van der Waals surface area contributed by atoms with Crippen LogP contribution in [0.2, 0.25) is 0 Å². The molecule has 2 N–H and O–H groups in total. The average molecular weight is 340 g/mol. The third-order valence-electron chi connectivity index (χ3n) is 3.73. The maximum absolute atomic E-state index is 11.8. The summed E-state index contributed by atoms with van der Waals surface area (Å²) in [7, 11) is 0. The predicted molar refractivity (Wildman–Crippen MR) is 92.2 cm³/mol. The van der Waals surface area contributed by atoms with Crippen molar-refractivity contribution >= 4 is 17.5 Å². The first-order chi connectivity index (χ1) is 12.2. The molecule has 0 fully saturated rings. The highest BCUT2D eigenvalue weighted by atomic mass is 16.3. The monoisotopic (exact) mass is 340 g/mol. The van der Waals surface area contributed by atoms with Crippen LogP contribution < -0.4 is 10.6 Å². The zero-order chi connectivity index (χ0) is 17.5. The van der Waals surface area contributed by atoms with Crippen molar-refractivity contribution in [2.24, 2.45) is 0 Å². The van der Waals surface area contributed by atoms with Gasteiger partial charge in [-0.3, -0.25) is 9.59 Å². The highest BCUT2D eigenvalue weighted by molar-refractivity contribution is 5.91. The lowest BCUT2D eigenvalue weighted by molar-refractivity contribution is -0.121. The number of amides is 2. The van der Waals surface area contributed by atoms with E-state index >= 15 is 0 Å². The Bertz CT molecular complexity index is 806. The van der Waals surface area contributed by atoms with Gasteiger partial charge in [0, 0.05) is 38.3 Å². The topological polar surface area (TPSA) is 88.6 Å². The molecule has 2 amide bonds. The quantitative estimate of drug-likeness (QED) is 0.612. The first kappa shape index (κ1) is 16.8. The van der Waals surface area contributed by atoms with Crippen LogP contribution in [-0.4, -0.2) is 34.3 Å². The standard InChI is InChI=1S/C18H20N4O3/c23-17(7-3-9-20-18(24)15-5-4-12-25-15)19-10-8-14-13-22-11-2-1-6-16(22)21-14/h1-2,4-6,11-13H,3,7-10H2,(H,19,23)(H,20,24). The number of aromatic nitrogens is 2. The smallest absolute Gasteiger partial charge is 0.286 e. The Morgan fingerprint density at radius 2 is 2.04 bits per heavy atom. The van der Waals surface area contributed by atoms with Gasteiger partial charge in [0.15, 0.2) is 5.76 Å². The molecule has 0 bridgehead atoms. The maximum atomic E-state index is 11.8. The predicted octanol–water partition coefficient (Wildman–Crippen LogP) is 1.80. The first-order valence-electron chi connectivity index (χ1n) is 8.23. The molecule has 0 spiro atoms. The van der Waals surface area contributed by atoms with Crippen molar-refractivity contribution in [3.63, 3.8) is 0 Å². The second-order valence-corrected chi connectivity index (χ2v) is 5.64. The van der Waals surface area contributed by atoms with Gasteiger partial charge in [0.25, 0.3) is 5.91 Å². The minimum atomic E-state index is -0.266. The van der Waals surface area contributed by atoms with E-state index in [0.717, 1.165) is 11.3 Å². The van der Waals surface area contributed by atoms with Gasteiger partial charge in [-0.1, -0.05) is 6.07 Å². The van der Waals surface area contributed by atoms with Crippen LogP contribution in [0.4, 0.5) is 0 Å². The number of hydrogen-bond acceptors (Lipinski definition) is 4. The van der Waals surface area contributed by atoms with E-state index in [1.54, 1.807) is 12.1 Å². The lowest BCUT2D eigenvalue weighted by atomic mass is 10.2. The summed E-state index contributed by atoms with van der Waals surface area (Å²) in [6.45, 7) is 0.973. The van der Waals surface area contributed by atoms with Gasteiger partial charge in [0.05, 0.1) is 12.0 Å². The summed E-state index contributed by atoms with van der Waals surface area (Å²) in [4.78, 5) is 27.9. The fourth-order valence-electron chi connectivity index (χ4n) is 2.47. The van der Waals surface area contributed by atoms with Gasteiger partial charge in [0.1, 0.15) is 5.65 Å². The second-order valence-electron chi connectivity index (χ2n) is 5.64. The number of fused-ring (bicyclic) bond motifs is 1. The number of nitrogens with one attached hydrogen (secondary N) is 2. The van der Waals surface area contributed by atoms with Crippen LogP contribution in [0.3, 0.4) is 0 Å². The Balaban J connectivity index is 1.31. The highest BCUT2D eigenvalue weighted by Gasteiger charge is 2.08. The van der Waals surface area contributed by atoms with E-state index in [9.17, 15) is 9.59 Å². The molecule has 3 heterocycles. The van der Waals surface area contributed by atoms with E-state index in [4.69, 9.17) is 4.42 Å². The summed E-state index contributed by atoms with van der Waals surface area (Å²) in [5.41, 5.74) is 1.84. The van der Waals surface area contributed by atoms with Crippen molar-refractivity contribution in [3.8, 4) is 0 Å². The molecular formula is C18H20N4O3. The van der Waals surface area contributed by atoms with Crippen molar-refractivity contribution < 1.29 is 14.0 Å². The minimum absolute atomic E-state index is 0.0315. The lowest BCUT2D eigenvalue weighted by Crippen LogP contribution is -2.28. The molecule has 0 unspecified atom stereocenters. The zero-order valence-corrected chi connectivity index (χ0v) is 13.8. The Hall–Kier alpha value is -3.09. The normalized spacial score (nSPS) is 10.7. The van der Waals surface area contributed by atoms with Gasteiger partial charge in [-0.25, -0.2) is 4.98 Å². The van der Waals surface area contributed by atoms with E-state index in [-0.39, 0.29) is 17.6 Å². The SMILES string of the molecule is O=C(CCCNC(=O)c1ccco1)NCCc1cn2ccccc2n1. The highest BCUT2D eigenvalue weighted by Crippen LogP contribution is 2.04. The maximum Gasteiger partial charge on any atom is 0.286 e. The molecule has 3 aromatic rings. The summed E-state index contributed by atoms with van der Waals surface area (Å²) in [6.07, 6.45) is 6.98.